The van der Waals surface area contributed by atoms with Crippen LogP contribution in [0.1, 0.15) is 30.3 Å². The van der Waals surface area contributed by atoms with E-state index in [1.165, 1.54) is 0 Å². The maximum absolute atomic E-state index is 12.7. The Hall–Kier alpha value is -1.52. The fourth-order valence-corrected chi connectivity index (χ4v) is 2.83. The van der Waals surface area contributed by atoms with Crippen LogP contribution in [0.15, 0.2) is 34.7 Å². The lowest BCUT2D eigenvalue weighted by Crippen LogP contribution is -2.41. The van der Waals surface area contributed by atoms with Gasteiger partial charge in [0, 0.05) is 24.5 Å². The van der Waals surface area contributed by atoms with Crippen LogP contribution in [0, 0.1) is 0 Å². The maximum Gasteiger partial charge on any atom is 0.289 e. The molecule has 1 fully saturated rings. The highest BCUT2D eigenvalue weighted by Gasteiger charge is 2.28. The number of nitrogens with zero attached hydrogens (tertiary/aromatic N) is 1. The number of hydrogen-bond donors (Lipinski definition) is 1. The van der Waals surface area contributed by atoms with E-state index in [0.29, 0.717) is 5.76 Å². The summed E-state index contributed by atoms with van der Waals surface area (Å²) in [6, 6.07) is 9.88. The number of nitrogens with one attached hydrogen (secondary N) is 1. The minimum absolute atomic E-state index is 0. The smallest absolute Gasteiger partial charge is 0.289 e. The minimum atomic E-state index is 0. The van der Waals surface area contributed by atoms with Crippen LogP contribution in [0.2, 0.25) is 0 Å². The number of carbonyl (C=O) groups is 1. The Kier molecular flexibility index (Phi) is 5.26. The molecule has 0 aliphatic carbocycles. The van der Waals surface area contributed by atoms with Crippen molar-refractivity contribution in [1.29, 1.82) is 0 Å². The van der Waals surface area contributed by atoms with Gasteiger partial charge in [-0.25, -0.2) is 0 Å². The second-order valence-electron chi connectivity index (χ2n) is 5.29. The second kappa shape index (κ2) is 6.96. The van der Waals surface area contributed by atoms with Crippen LogP contribution < -0.4 is 5.32 Å². The average Bonchev–Trinajstić information content (AvgIpc) is 3.12. The van der Waals surface area contributed by atoms with Gasteiger partial charge in [0.2, 0.25) is 0 Å². The minimum Gasteiger partial charge on any atom is -0.451 e. The van der Waals surface area contributed by atoms with Gasteiger partial charge in [0.05, 0.1) is 0 Å². The number of benzene rings is 1. The van der Waals surface area contributed by atoms with Gasteiger partial charge in [-0.15, -0.1) is 12.4 Å². The van der Waals surface area contributed by atoms with Gasteiger partial charge in [0.1, 0.15) is 5.58 Å². The van der Waals surface area contributed by atoms with E-state index in [1.807, 2.05) is 35.2 Å². The quantitative estimate of drug-likeness (QED) is 0.944. The van der Waals surface area contributed by atoms with Crippen molar-refractivity contribution in [1.82, 2.24) is 10.2 Å². The summed E-state index contributed by atoms with van der Waals surface area (Å²) in [7, 11) is 0. The molecular weight excluding hydrogens is 288 g/mol. The number of furan rings is 1. The van der Waals surface area contributed by atoms with Crippen molar-refractivity contribution >= 4 is 29.3 Å². The van der Waals surface area contributed by atoms with Gasteiger partial charge in [-0.3, -0.25) is 4.79 Å². The highest BCUT2D eigenvalue weighted by Crippen LogP contribution is 2.22. The number of para-hydroxylation sites is 1. The summed E-state index contributed by atoms with van der Waals surface area (Å²) < 4.78 is 5.71. The first-order valence-electron chi connectivity index (χ1n) is 7.30. The Morgan fingerprint density at radius 3 is 2.90 bits per heavy atom. The summed E-state index contributed by atoms with van der Waals surface area (Å²) in [6.45, 7) is 4.74. The summed E-state index contributed by atoms with van der Waals surface area (Å²) in [5, 5.41) is 4.30. The average molecular weight is 309 g/mol. The monoisotopic (exact) mass is 308 g/mol. The van der Waals surface area contributed by atoms with Crippen LogP contribution in [0.25, 0.3) is 11.0 Å². The zero-order valence-electron chi connectivity index (χ0n) is 12.2. The Morgan fingerprint density at radius 2 is 2.24 bits per heavy atom. The van der Waals surface area contributed by atoms with Crippen LogP contribution >= 0.6 is 12.4 Å². The largest absolute Gasteiger partial charge is 0.451 e. The molecule has 21 heavy (non-hydrogen) atoms. The molecule has 1 aromatic carbocycles. The fraction of sp³-hybridized carbons (Fsp3) is 0.438. The number of hydrogen-bond acceptors (Lipinski definition) is 3. The van der Waals surface area contributed by atoms with Crippen LogP contribution in [0.3, 0.4) is 0 Å². The lowest BCUT2D eigenvalue weighted by Gasteiger charge is -2.27. The molecule has 0 spiro atoms. The molecule has 1 N–H and O–H groups in total. The molecule has 1 aromatic heterocycles. The molecule has 1 unspecified atom stereocenters. The van der Waals surface area contributed by atoms with Crippen molar-refractivity contribution in [3.05, 3.63) is 36.1 Å². The van der Waals surface area contributed by atoms with Crippen molar-refractivity contribution in [3.63, 3.8) is 0 Å². The number of halogens is 1. The van der Waals surface area contributed by atoms with E-state index in [-0.39, 0.29) is 24.4 Å². The van der Waals surface area contributed by atoms with E-state index in [4.69, 9.17) is 4.42 Å². The summed E-state index contributed by atoms with van der Waals surface area (Å²) in [4.78, 5) is 14.7. The summed E-state index contributed by atoms with van der Waals surface area (Å²) >= 11 is 0. The first-order chi connectivity index (χ1) is 9.79. The molecule has 0 radical (unpaired) electrons. The van der Waals surface area contributed by atoms with Crippen molar-refractivity contribution < 1.29 is 9.21 Å². The molecule has 4 nitrogen and oxygen atoms in total. The number of amides is 1. The van der Waals surface area contributed by atoms with Crippen molar-refractivity contribution in [3.8, 4) is 0 Å². The Morgan fingerprint density at radius 1 is 1.43 bits per heavy atom. The first-order valence-corrected chi connectivity index (χ1v) is 7.30. The predicted molar refractivity (Wildman–Crippen MR) is 86.1 cm³/mol. The van der Waals surface area contributed by atoms with Crippen molar-refractivity contribution in [2.75, 3.05) is 19.6 Å². The van der Waals surface area contributed by atoms with Crippen LogP contribution in [-0.4, -0.2) is 36.5 Å². The third-order valence-corrected chi connectivity index (χ3v) is 3.84. The SMILES string of the molecule is CCCN(C(=O)c1cc2ccccc2o1)C1CCNC1.Cl. The highest BCUT2D eigenvalue weighted by atomic mass is 35.5. The topological polar surface area (TPSA) is 45.5 Å². The third kappa shape index (κ3) is 3.22. The van der Waals surface area contributed by atoms with Gasteiger partial charge in [0.15, 0.2) is 5.76 Å². The molecule has 2 heterocycles. The van der Waals surface area contributed by atoms with Gasteiger partial charge in [0.25, 0.3) is 5.91 Å². The zero-order chi connectivity index (χ0) is 13.9. The van der Waals surface area contributed by atoms with E-state index in [2.05, 4.69) is 12.2 Å². The zero-order valence-corrected chi connectivity index (χ0v) is 13.0. The molecule has 2 aromatic rings. The lowest BCUT2D eigenvalue weighted by molar-refractivity contribution is 0.0662. The molecule has 3 rings (SSSR count). The van der Waals surface area contributed by atoms with Crippen LogP contribution in [0.4, 0.5) is 0 Å². The molecule has 5 heteroatoms. The van der Waals surface area contributed by atoms with E-state index in [9.17, 15) is 4.79 Å². The molecule has 114 valence electrons. The number of carbonyl (C=O) groups excluding carboxylic acids is 1. The Labute approximate surface area is 130 Å². The maximum atomic E-state index is 12.7. The van der Waals surface area contributed by atoms with Gasteiger partial charge < -0.3 is 14.6 Å². The van der Waals surface area contributed by atoms with Gasteiger partial charge in [-0.2, -0.15) is 0 Å². The predicted octanol–water partition coefficient (Wildman–Crippen LogP) is 3.07. The second-order valence-corrected chi connectivity index (χ2v) is 5.29. The van der Waals surface area contributed by atoms with Gasteiger partial charge in [-0.1, -0.05) is 25.1 Å². The summed E-state index contributed by atoms with van der Waals surface area (Å²) in [5.41, 5.74) is 0.775. The van der Waals surface area contributed by atoms with E-state index >= 15 is 0 Å². The molecule has 1 aliphatic heterocycles. The summed E-state index contributed by atoms with van der Waals surface area (Å²) in [6.07, 6.45) is 1.98. The van der Waals surface area contributed by atoms with Crippen molar-refractivity contribution in [2.24, 2.45) is 0 Å². The summed E-state index contributed by atoms with van der Waals surface area (Å²) in [5.74, 6) is 0.461. The van der Waals surface area contributed by atoms with Gasteiger partial charge in [-0.05, 0) is 31.5 Å². The Balaban J connectivity index is 0.00000161. The van der Waals surface area contributed by atoms with E-state index < -0.39 is 0 Å². The Bertz CT molecular complexity index is 572. The highest BCUT2D eigenvalue weighted by molar-refractivity contribution is 5.96. The molecule has 0 saturated carbocycles. The number of rotatable bonds is 4. The first kappa shape index (κ1) is 15.9. The van der Waals surface area contributed by atoms with Crippen LogP contribution in [0.5, 0.6) is 0 Å². The molecule has 1 amide bonds. The molecule has 1 saturated heterocycles. The van der Waals surface area contributed by atoms with Crippen LogP contribution in [-0.2, 0) is 0 Å². The molecule has 1 atom stereocenters. The normalized spacial score (nSPS) is 17.7. The molecule has 1 aliphatic rings. The van der Waals surface area contributed by atoms with Crippen molar-refractivity contribution in [2.45, 2.75) is 25.8 Å². The van der Waals surface area contributed by atoms with E-state index in [1.54, 1.807) is 0 Å². The van der Waals surface area contributed by atoms with E-state index in [0.717, 1.165) is 43.4 Å². The third-order valence-electron chi connectivity index (χ3n) is 3.84. The van der Waals surface area contributed by atoms with Gasteiger partial charge >= 0.3 is 0 Å². The molecule has 0 bridgehead atoms. The number of fused-ring (bicyclic) bond motifs is 1. The fourth-order valence-electron chi connectivity index (χ4n) is 2.83. The standard InChI is InChI=1S/C16H20N2O2.ClH/c1-2-9-18(13-7-8-17-11-13)16(19)15-10-12-5-3-4-6-14(12)20-15;/h3-6,10,13,17H,2,7-9,11H2,1H3;1H. The lowest BCUT2D eigenvalue weighted by atomic mass is 10.2. The molecular formula is C16H21ClN2O2.